The van der Waals surface area contributed by atoms with Gasteiger partial charge in [-0.3, -0.25) is 14.7 Å². The van der Waals surface area contributed by atoms with Gasteiger partial charge in [-0.15, -0.1) is 24.8 Å². The van der Waals surface area contributed by atoms with E-state index in [9.17, 15) is 4.79 Å². The van der Waals surface area contributed by atoms with E-state index in [4.69, 9.17) is 0 Å². The van der Waals surface area contributed by atoms with Crippen molar-refractivity contribution in [2.45, 2.75) is 38.8 Å². The third kappa shape index (κ3) is 6.96. The van der Waals surface area contributed by atoms with E-state index in [0.29, 0.717) is 12.6 Å². The number of hydrogen-bond acceptors (Lipinski definition) is 4. The minimum Gasteiger partial charge on any atom is -0.344 e. The summed E-state index contributed by atoms with van der Waals surface area (Å²) < 4.78 is 0. The van der Waals surface area contributed by atoms with Gasteiger partial charge in [-0.25, -0.2) is 0 Å². The van der Waals surface area contributed by atoms with E-state index in [1.54, 1.807) is 6.20 Å². The molecule has 160 valence electrons. The van der Waals surface area contributed by atoms with Crippen LogP contribution in [0.5, 0.6) is 0 Å². The smallest absolute Gasteiger partial charge is 0.234 e. The van der Waals surface area contributed by atoms with Gasteiger partial charge in [-0.1, -0.05) is 29.8 Å². The standard InChI is InChI=1S/C22H30N4O.2ClH/c1-16-6-7-17(2)20(13-16)22(18-5-4-10-24-14-18)25-21(27)15-26(3)19-8-11-23-12-9-19;;/h4-7,10,13-14,19,22-23H,8-9,11-12,15H2,1-3H3,(H,25,27);2*1H. The molecule has 2 N–H and O–H groups in total. The van der Waals surface area contributed by atoms with Crippen molar-refractivity contribution in [2.24, 2.45) is 0 Å². The van der Waals surface area contributed by atoms with Crippen LogP contribution < -0.4 is 10.6 Å². The number of halogens is 2. The summed E-state index contributed by atoms with van der Waals surface area (Å²) in [5.41, 5.74) is 4.48. The van der Waals surface area contributed by atoms with Crippen LogP contribution in [0.25, 0.3) is 0 Å². The Morgan fingerprint density at radius 3 is 2.62 bits per heavy atom. The monoisotopic (exact) mass is 438 g/mol. The first-order chi connectivity index (χ1) is 13.0. The van der Waals surface area contributed by atoms with Crippen LogP contribution >= 0.6 is 24.8 Å². The summed E-state index contributed by atoms with van der Waals surface area (Å²) in [6.45, 7) is 6.63. The Balaban J connectivity index is 0.00000210. The number of carbonyl (C=O) groups is 1. The number of rotatable bonds is 6. The second-order valence-corrected chi connectivity index (χ2v) is 7.54. The maximum absolute atomic E-state index is 12.9. The zero-order chi connectivity index (χ0) is 19.2. The lowest BCUT2D eigenvalue weighted by Crippen LogP contribution is -2.46. The normalized spacial score (nSPS) is 15.2. The molecule has 1 amide bonds. The van der Waals surface area contributed by atoms with Crippen LogP contribution in [-0.4, -0.2) is 48.5 Å². The summed E-state index contributed by atoms with van der Waals surface area (Å²) in [7, 11) is 2.05. The summed E-state index contributed by atoms with van der Waals surface area (Å²) in [6, 6.07) is 10.6. The molecule has 29 heavy (non-hydrogen) atoms. The zero-order valence-corrected chi connectivity index (χ0v) is 19.0. The van der Waals surface area contributed by atoms with Gasteiger partial charge in [0, 0.05) is 18.4 Å². The molecular weight excluding hydrogens is 407 g/mol. The van der Waals surface area contributed by atoms with Gasteiger partial charge in [0.05, 0.1) is 12.6 Å². The molecule has 1 aromatic carbocycles. The molecule has 1 aliphatic rings. The number of carbonyl (C=O) groups excluding carboxylic acids is 1. The fraction of sp³-hybridized carbons (Fsp3) is 0.455. The lowest BCUT2D eigenvalue weighted by Gasteiger charge is -2.31. The van der Waals surface area contributed by atoms with E-state index < -0.39 is 0 Å². The van der Waals surface area contributed by atoms with Crippen LogP contribution in [0, 0.1) is 13.8 Å². The first kappa shape index (κ1) is 25.4. The fourth-order valence-corrected chi connectivity index (χ4v) is 3.77. The minimum absolute atomic E-state index is 0. The van der Waals surface area contributed by atoms with Crippen molar-refractivity contribution in [1.82, 2.24) is 20.5 Å². The molecule has 0 bridgehead atoms. The summed E-state index contributed by atoms with van der Waals surface area (Å²) >= 11 is 0. The Kier molecular flexibility index (Phi) is 10.6. The number of pyridine rings is 1. The van der Waals surface area contributed by atoms with Crippen molar-refractivity contribution in [3.63, 3.8) is 0 Å². The lowest BCUT2D eigenvalue weighted by atomic mass is 9.94. The molecule has 1 unspecified atom stereocenters. The molecule has 1 aliphatic heterocycles. The maximum Gasteiger partial charge on any atom is 0.234 e. The van der Waals surface area contributed by atoms with Gasteiger partial charge in [-0.05, 0) is 69.6 Å². The van der Waals surface area contributed by atoms with E-state index in [1.807, 2.05) is 25.4 Å². The van der Waals surface area contributed by atoms with E-state index in [0.717, 1.165) is 37.1 Å². The van der Waals surface area contributed by atoms with Crippen molar-refractivity contribution in [3.05, 3.63) is 65.0 Å². The Bertz CT molecular complexity index is 767. The van der Waals surface area contributed by atoms with Gasteiger partial charge in [-0.2, -0.15) is 0 Å². The van der Waals surface area contributed by atoms with Crippen LogP contribution in [0.15, 0.2) is 42.7 Å². The van der Waals surface area contributed by atoms with Crippen molar-refractivity contribution in [2.75, 3.05) is 26.7 Å². The molecule has 1 aromatic heterocycles. The fourth-order valence-electron chi connectivity index (χ4n) is 3.77. The molecule has 1 atom stereocenters. The molecule has 0 aliphatic carbocycles. The Hall–Kier alpha value is -1.66. The van der Waals surface area contributed by atoms with Crippen molar-refractivity contribution < 1.29 is 4.79 Å². The van der Waals surface area contributed by atoms with Crippen molar-refractivity contribution >= 4 is 30.7 Å². The number of aromatic nitrogens is 1. The maximum atomic E-state index is 12.9. The lowest BCUT2D eigenvalue weighted by molar-refractivity contribution is -0.123. The SMILES string of the molecule is Cc1ccc(C)c(C(NC(=O)CN(C)C2CCNCC2)c2cccnc2)c1.Cl.Cl. The number of nitrogens with one attached hydrogen (secondary N) is 2. The molecule has 5 nitrogen and oxygen atoms in total. The highest BCUT2D eigenvalue weighted by Gasteiger charge is 2.23. The molecule has 1 saturated heterocycles. The third-order valence-electron chi connectivity index (χ3n) is 5.39. The number of nitrogens with zero attached hydrogens (tertiary/aromatic N) is 2. The van der Waals surface area contributed by atoms with Gasteiger partial charge < -0.3 is 10.6 Å². The molecular formula is C22H32Cl2N4O. The second-order valence-electron chi connectivity index (χ2n) is 7.54. The largest absolute Gasteiger partial charge is 0.344 e. The molecule has 2 aromatic rings. The number of aryl methyl sites for hydroxylation is 2. The highest BCUT2D eigenvalue weighted by Crippen LogP contribution is 2.25. The average Bonchev–Trinajstić information content (AvgIpc) is 2.69. The number of hydrogen-bond donors (Lipinski definition) is 2. The number of benzene rings is 1. The van der Waals surface area contributed by atoms with E-state index in [1.165, 1.54) is 11.1 Å². The second kappa shape index (κ2) is 12.1. The van der Waals surface area contributed by atoms with E-state index in [-0.39, 0.29) is 36.8 Å². The van der Waals surface area contributed by atoms with Gasteiger partial charge in [0.2, 0.25) is 5.91 Å². The summed E-state index contributed by atoms with van der Waals surface area (Å²) in [4.78, 5) is 19.3. The van der Waals surface area contributed by atoms with Crippen LogP contribution in [0.4, 0.5) is 0 Å². The highest BCUT2D eigenvalue weighted by molar-refractivity contribution is 5.85. The van der Waals surface area contributed by atoms with Gasteiger partial charge in [0.1, 0.15) is 0 Å². The first-order valence-corrected chi connectivity index (χ1v) is 9.72. The summed E-state index contributed by atoms with van der Waals surface area (Å²) in [5.74, 6) is 0.0470. The number of likely N-dealkylation sites (N-methyl/N-ethyl adjacent to an activating group) is 1. The van der Waals surface area contributed by atoms with Crippen molar-refractivity contribution in [3.8, 4) is 0 Å². The average molecular weight is 439 g/mol. The molecule has 3 rings (SSSR count). The Morgan fingerprint density at radius 2 is 1.97 bits per heavy atom. The summed E-state index contributed by atoms with van der Waals surface area (Å²) in [6.07, 6.45) is 5.78. The summed E-state index contributed by atoms with van der Waals surface area (Å²) in [5, 5.41) is 6.63. The molecule has 7 heteroatoms. The quantitative estimate of drug-likeness (QED) is 0.724. The predicted molar refractivity (Wildman–Crippen MR) is 123 cm³/mol. The minimum atomic E-state index is -0.187. The van der Waals surface area contributed by atoms with Gasteiger partial charge in [0.15, 0.2) is 0 Å². The van der Waals surface area contributed by atoms with Crippen molar-refractivity contribution in [1.29, 1.82) is 0 Å². The zero-order valence-electron chi connectivity index (χ0n) is 17.4. The first-order valence-electron chi connectivity index (χ1n) is 9.72. The third-order valence-corrected chi connectivity index (χ3v) is 5.39. The van der Waals surface area contributed by atoms with E-state index >= 15 is 0 Å². The van der Waals surface area contributed by atoms with E-state index in [2.05, 4.69) is 52.6 Å². The Labute approximate surface area is 186 Å². The topological polar surface area (TPSA) is 57.3 Å². The molecule has 0 spiro atoms. The molecule has 0 radical (unpaired) electrons. The van der Waals surface area contributed by atoms with Gasteiger partial charge in [0.25, 0.3) is 0 Å². The van der Waals surface area contributed by atoms with Crippen LogP contribution in [0.3, 0.4) is 0 Å². The Morgan fingerprint density at radius 1 is 1.24 bits per heavy atom. The van der Waals surface area contributed by atoms with Crippen LogP contribution in [0.2, 0.25) is 0 Å². The predicted octanol–water partition coefficient (Wildman–Crippen LogP) is 3.43. The number of amides is 1. The molecule has 1 fully saturated rings. The number of piperidine rings is 1. The highest BCUT2D eigenvalue weighted by atomic mass is 35.5. The van der Waals surface area contributed by atoms with Gasteiger partial charge >= 0.3 is 0 Å². The van der Waals surface area contributed by atoms with Crippen LogP contribution in [0.1, 0.15) is 41.1 Å². The molecule has 2 heterocycles. The molecule has 0 saturated carbocycles. The van der Waals surface area contributed by atoms with Crippen LogP contribution in [-0.2, 0) is 4.79 Å².